The number of aromatic nitrogens is 1. The van der Waals surface area contributed by atoms with Crippen molar-refractivity contribution in [2.24, 2.45) is 0 Å². The molecule has 174 valence electrons. The van der Waals surface area contributed by atoms with Gasteiger partial charge >= 0.3 is 5.97 Å². The monoisotopic (exact) mass is 480 g/mol. The number of thiazole rings is 1. The lowest BCUT2D eigenvalue weighted by atomic mass is 9.89. The molecule has 0 aliphatic carbocycles. The number of rotatable bonds is 6. The summed E-state index contributed by atoms with van der Waals surface area (Å²) in [5, 5.41) is 13.9. The van der Waals surface area contributed by atoms with E-state index in [4.69, 9.17) is 9.47 Å². The number of hydrogen-bond acceptors (Lipinski definition) is 6. The third kappa shape index (κ3) is 4.08. The Morgan fingerprint density at radius 3 is 2.56 bits per heavy atom. The van der Waals surface area contributed by atoms with Gasteiger partial charge in [0.05, 0.1) is 15.8 Å². The van der Waals surface area contributed by atoms with E-state index in [1.54, 1.807) is 24.3 Å². The van der Waals surface area contributed by atoms with Crippen molar-refractivity contribution in [3.05, 3.63) is 71.0 Å². The highest BCUT2D eigenvalue weighted by Crippen LogP contribution is 2.34. The van der Waals surface area contributed by atoms with Gasteiger partial charge in [0.15, 0.2) is 0 Å². The van der Waals surface area contributed by atoms with Gasteiger partial charge in [0.2, 0.25) is 0 Å². The van der Waals surface area contributed by atoms with Crippen LogP contribution in [0.25, 0.3) is 21.0 Å². The van der Waals surface area contributed by atoms with Crippen LogP contribution in [0.4, 0.5) is 4.39 Å². The van der Waals surface area contributed by atoms with Crippen LogP contribution in [0.3, 0.4) is 0 Å². The van der Waals surface area contributed by atoms with Crippen molar-refractivity contribution in [3.63, 3.8) is 0 Å². The molecule has 1 amide bonds. The van der Waals surface area contributed by atoms with Gasteiger partial charge in [-0.1, -0.05) is 36.4 Å². The molecule has 4 aromatic rings. The van der Waals surface area contributed by atoms with Gasteiger partial charge < -0.3 is 19.9 Å². The minimum absolute atomic E-state index is 0.0653. The number of nitrogens with one attached hydrogen (secondary N) is 1. The first-order chi connectivity index (χ1) is 16.5. The van der Waals surface area contributed by atoms with Gasteiger partial charge in [-0.25, -0.2) is 14.2 Å². The highest BCUT2D eigenvalue weighted by Gasteiger charge is 2.42. The zero-order valence-electron chi connectivity index (χ0n) is 18.0. The second kappa shape index (κ2) is 9.00. The number of para-hydroxylation sites is 1. The number of hydrogen-bond donors (Lipinski definition) is 2. The molecule has 0 bridgehead atoms. The van der Waals surface area contributed by atoms with Gasteiger partial charge in [-0.05, 0) is 18.2 Å². The highest BCUT2D eigenvalue weighted by molar-refractivity contribution is 7.18. The molecule has 9 heteroatoms. The van der Waals surface area contributed by atoms with Crippen LogP contribution in [-0.4, -0.2) is 40.7 Å². The molecular formula is C25H21FN2O5S. The molecule has 1 aliphatic rings. The van der Waals surface area contributed by atoms with Gasteiger partial charge in [-0.3, -0.25) is 4.79 Å². The van der Waals surface area contributed by atoms with Crippen molar-refractivity contribution in [3.8, 4) is 5.75 Å². The maximum absolute atomic E-state index is 14.9. The van der Waals surface area contributed by atoms with Crippen LogP contribution in [0.2, 0.25) is 0 Å². The third-order valence-electron chi connectivity index (χ3n) is 5.98. The molecule has 1 aliphatic heterocycles. The fraction of sp³-hybridized carbons (Fsp3) is 0.240. The summed E-state index contributed by atoms with van der Waals surface area (Å²) in [4.78, 5) is 29.9. The zero-order valence-corrected chi connectivity index (χ0v) is 18.9. The molecule has 34 heavy (non-hydrogen) atoms. The van der Waals surface area contributed by atoms with E-state index in [-0.39, 0.29) is 44.0 Å². The lowest BCUT2D eigenvalue weighted by Crippen LogP contribution is -2.57. The molecule has 0 atom stereocenters. The Hall–Kier alpha value is -3.56. The molecule has 3 aromatic carbocycles. The number of aliphatic carboxylic acids is 1. The topological polar surface area (TPSA) is 97.8 Å². The lowest BCUT2D eigenvalue weighted by Gasteiger charge is -2.34. The summed E-state index contributed by atoms with van der Waals surface area (Å²) >= 11 is 1.47. The van der Waals surface area contributed by atoms with Crippen molar-refractivity contribution < 1.29 is 28.6 Å². The first kappa shape index (κ1) is 22.2. The summed E-state index contributed by atoms with van der Waals surface area (Å²) in [6.07, 6.45) is 0.234. The number of ether oxygens (including phenoxy) is 2. The number of benzene rings is 3. The fourth-order valence-corrected chi connectivity index (χ4v) is 5.02. The number of amides is 1. The number of carboxylic acid groups (broad SMARTS) is 1. The van der Waals surface area contributed by atoms with E-state index in [2.05, 4.69) is 10.3 Å². The lowest BCUT2D eigenvalue weighted by molar-refractivity contribution is -0.148. The average Bonchev–Trinajstić information content (AvgIpc) is 3.27. The van der Waals surface area contributed by atoms with Crippen molar-refractivity contribution in [2.75, 3.05) is 13.2 Å². The molecule has 0 radical (unpaired) electrons. The standard InChI is InChI=1S/C25H21FN2O5S/c26-18-13-17(23(29)28-25(24(30)31)9-11-32-12-10-25)22(16-6-2-1-5-15(16)18)33-14-21-27-19-7-3-4-8-20(19)34-21/h1-8,13H,9-12,14H2,(H,28,29)(H,30,31). The number of carbonyl (C=O) groups excluding carboxylic acids is 1. The van der Waals surface area contributed by atoms with Gasteiger partial charge in [0.1, 0.15) is 28.7 Å². The van der Waals surface area contributed by atoms with Crippen LogP contribution in [-0.2, 0) is 16.1 Å². The quantitative estimate of drug-likeness (QED) is 0.421. The molecule has 0 saturated carbocycles. The molecule has 0 unspecified atom stereocenters. The van der Waals surface area contributed by atoms with E-state index in [1.165, 1.54) is 11.3 Å². The smallest absolute Gasteiger partial charge is 0.329 e. The van der Waals surface area contributed by atoms with Crippen LogP contribution < -0.4 is 10.1 Å². The number of nitrogens with zero attached hydrogens (tertiary/aromatic N) is 1. The highest BCUT2D eigenvalue weighted by atomic mass is 32.1. The van der Waals surface area contributed by atoms with E-state index < -0.39 is 23.2 Å². The molecule has 2 N–H and O–H groups in total. The Bertz CT molecular complexity index is 1360. The predicted octanol–water partition coefficient (Wildman–Crippen LogP) is 4.53. The van der Waals surface area contributed by atoms with Gasteiger partial charge in [-0.15, -0.1) is 11.3 Å². The SMILES string of the molecule is O=C(NC1(C(=O)O)CCOCC1)c1cc(F)c2ccccc2c1OCc1nc2ccccc2s1. The number of carboxylic acids is 1. The van der Waals surface area contributed by atoms with Crippen molar-refractivity contribution in [2.45, 2.75) is 25.0 Å². The summed E-state index contributed by atoms with van der Waals surface area (Å²) in [7, 11) is 0. The van der Waals surface area contributed by atoms with Gasteiger partial charge in [0, 0.05) is 36.8 Å². The maximum atomic E-state index is 14.9. The second-order valence-electron chi connectivity index (χ2n) is 8.10. The van der Waals surface area contributed by atoms with E-state index in [9.17, 15) is 19.1 Å². The summed E-state index contributed by atoms with van der Waals surface area (Å²) in [5.41, 5.74) is -0.706. The van der Waals surface area contributed by atoms with E-state index in [1.807, 2.05) is 24.3 Å². The van der Waals surface area contributed by atoms with Crippen LogP contribution in [0.15, 0.2) is 54.6 Å². The molecule has 0 spiro atoms. The summed E-state index contributed by atoms with van der Waals surface area (Å²) in [5.74, 6) is -2.28. The minimum atomic E-state index is -1.48. The Labute approximate surface area is 198 Å². The minimum Gasteiger partial charge on any atom is -0.485 e. The van der Waals surface area contributed by atoms with E-state index in [0.717, 1.165) is 16.3 Å². The molecule has 1 saturated heterocycles. The normalized spacial score (nSPS) is 15.3. The van der Waals surface area contributed by atoms with Crippen molar-refractivity contribution in [1.82, 2.24) is 10.3 Å². The Morgan fingerprint density at radius 2 is 1.82 bits per heavy atom. The number of fused-ring (bicyclic) bond motifs is 2. The summed E-state index contributed by atoms with van der Waals surface area (Å²) < 4.78 is 27.3. The number of carbonyl (C=O) groups is 2. The van der Waals surface area contributed by atoms with Crippen molar-refractivity contribution >= 4 is 44.2 Å². The average molecular weight is 481 g/mol. The first-order valence-electron chi connectivity index (χ1n) is 10.8. The largest absolute Gasteiger partial charge is 0.485 e. The zero-order chi connectivity index (χ0) is 23.7. The number of halogens is 1. The summed E-state index contributed by atoms with van der Waals surface area (Å²) in [6.45, 7) is 0.492. The van der Waals surface area contributed by atoms with Crippen LogP contribution >= 0.6 is 11.3 Å². The second-order valence-corrected chi connectivity index (χ2v) is 9.21. The maximum Gasteiger partial charge on any atom is 0.329 e. The molecule has 2 heterocycles. The molecule has 7 nitrogen and oxygen atoms in total. The molecule has 1 fully saturated rings. The van der Waals surface area contributed by atoms with Crippen molar-refractivity contribution in [1.29, 1.82) is 0 Å². The van der Waals surface area contributed by atoms with Crippen LogP contribution in [0.5, 0.6) is 5.75 Å². The van der Waals surface area contributed by atoms with Gasteiger partial charge in [-0.2, -0.15) is 0 Å². The first-order valence-corrected chi connectivity index (χ1v) is 11.6. The Balaban J connectivity index is 1.52. The summed E-state index contributed by atoms with van der Waals surface area (Å²) in [6, 6.07) is 15.5. The molecule has 5 rings (SSSR count). The third-order valence-corrected chi connectivity index (χ3v) is 6.99. The molecular weight excluding hydrogens is 459 g/mol. The predicted molar refractivity (Wildman–Crippen MR) is 126 cm³/mol. The molecule has 1 aromatic heterocycles. The van der Waals surface area contributed by atoms with E-state index >= 15 is 0 Å². The van der Waals surface area contributed by atoms with Crippen LogP contribution in [0.1, 0.15) is 28.2 Å². The Kier molecular flexibility index (Phi) is 5.89. The fourth-order valence-electron chi connectivity index (χ4n) is 4.14. The Morgan fingerprint density at radius 1 is 1.12 bits per heavy atom. The van der Waals surface area contributed by atoms with E-state index in [0.29, 0.717) is 15.8 Å². The van der Waals surface area contributed by atoms with Gasteiger partial charge in [0.25, 0.3) is 5.91 Å². The van der Waals surface area contributed by atoms with Crippen LogP contribution in [0, 0.1) is 5.82 Å².